The molecule has 2 N–H and O–H groups in total. The number of nitrogens with one attached hydrogen (secondary N) is 1. The van der Waals surface area contributed by atoms with E-state index in [0.29, 0.717) is 5.56 Å². The predicted octanol–water partition coefficient (Wildman–Crippen LogP) is 2.06. The van der Waals surface area contributed by atoms with E-state index < -0.39 is 12.0 Å². The van der Waals surface area contributed by atoms with Crippen molar-refractivity contribution in [1.82, 2.24) is 5.32 Å². The molecule has 0 aliphatic rings. The van der Waals surface area contributed by atoms with Gasteiger partial charge in [0.15, 0.2) is 6.04 Å². The highest BCUT2D eigenvalue weighted by Crippen LogP contribution is 2.26. The maximum Gasteiger partial charge on any atom is 0.328 e. The third kappa shape index (κ3) is 3.42. The van der Waals surface area contributed by atoms with E-state index in [2.05, 4.69) is 5.32 Å². The van der Waals surface area contributed by atoms with Crippen LogP contribution < -0.4 is 5.32 Å². The number of methoxy groups -OCH3 is 1. The molecule has 21 heavy (non-hydrogen) atoms. The predicted molar refractivity (Wildman–Crippen MR) is 80.9 cm³/mol. The van der Waals surface area contributed by atoms with Crippen LogP contribution in [0, 0.1) is 34.6 Å². The topological polar surface area (TPSA) is 75.6 Å². The summed E-state index contributed by atoms with van der Waals surface area (Å²) in [6.07, 6.45) is 0. The largest absolute Gasteiger partial charge is 0.480 e. The number of amides is 1. The second-order valence-electron chi connectivity index (χ2n) is 5.32. The molecule has 0 bridgehead atoms. The van der Waals surface area contributed by atoms with Gasteiger partial charge in [0.05, 0.1) is 6.61 Å². The molecule has 0 saturated carbocycles. The summed E-state index contributed by atoms with van der Waals surface area (Å²) in [6.45, 7) is 9.67. The van der Waals surface area contributed by atoms with Gasteiger partial charge in [-0.15, -0.1) is 0 Å². The van der Waals surface area contributed by atoms with Crippen molar-refractivity contribution < 1.29 is 19.4 Å². The second kappa shape index (κ2) is 6.72. The van der Waals surface area contributed by atoms with Gasteiger partial charge in [0, 0.05) is 12.7 Å². The lowest BCUT2D eigenvalue weighted by Crippen LogP contribution is -2.44. The van der Waals surface area contributed by atoms with Gasteiger partial charge in [0.1, 0.15) is 0 Å². The van der Waals surface area contributed by atoms with Crippen LogP contribution in [0.3, 0.4) is 0 Å². The Morgan fingerprint density at radius 3 is 1.81 bits per heavy atom. The Balaban J connectivity index is 3.22. The molecule has 0 spiro atoms. The van der Waals surface area contributed by atoms with Crippen molar-refractivity contribution in [3.8, 4) is 0 Å². The Labute approximate surface area is 125 Å². The minimum Gasteiger partial charge on any atom is -0.480 e. The zero-order valence-corrected chi connectivity index (χ0v) is 13.5. The molecular formula is C16H23NO4. The maximum absolute atomic E-state index is 12.5. The van der Waals surface area contributed by atoms with Crippen LogP contribution in [0.2, 0.25) is 0 Å². The molecule has 0 radical (unpaired) electrons. The summed E-state index contributed by atoms with van der Waals surface area (Å²) in [5, 5.41) is 11.6. The minimum absolute atomic E-state index is 0.0665. The number of carboxylic acids is 1. The van der Waals surface area contributed by atoms with Gasteiger partial charge in [-0.25, -0.2) is 4.79 Å². The van der Waals surface area contributed by atoms with E-state index >= 15 is 0 Å². The Kier molecular flexibility index (Phi) is 5.49. The number of carboxylic acid groups (broad SMARTS) is 1. The van der Waals surface area contributed by atoms with Gasteiger partial charge in [0.2, 0.25) is 0 Å². The molecule has 1 aromatic carbocycles. The number of benzene rings is 1. The van der Waals surface area contributed by atoms with E-state index in [9.17, 15) is 9.59 Å². The normalized spacial score (nSPS) is 12.1. The van der Waals surface area contributed by atoms with Gasteiger partial charge < -0.3 is 15.2 Å². The van der Waals surface area contributed by atoms with Gasteiger partial charge in [-0.2, -0.15) is 0 Å². The lowest BCUT2D eigenvalue weighted by molar-refractivity contribution is -0.140. The Bertz CT molecular complexity index is 549. The van der Waals surface area contributed by atoms with Crippen LogP contribution in [0.1, 0.15) is 38.2 Å². The SMILES string of the molecule is COCC(NC(=O)c1c(C)c(C)c(C)c(C)c1C)C(=O)O. The van der Waals surface area contributed by atoms with Crippen molar-refractivity contribution in [1.29, 1.82) is 0 Å². The van der Waals surface area contributed by atoms with Gasteiger partial charge in [0.25, 0.3) is 5.91 Å². The fourth-order valence-electron chi connectivity index (χ4n) is 2.41. The Morgan fingerprint density at radius 2 is 1.43 bits per heavy atom. The maximum atomic E-state index is 12.5. The first-order valence-corrected chi connectivity index (χ1v) is 6.81. The number of aliphatic carboxylic acids is 1. The summed E-state index contributed by atoms with van der Waals surface area (Å²) in [6, 6.07) is -1.05. The standard InChI is InChI=1S/C16H23NO4/c1-8-9(2)11(4)14(12(5)10(8)3)15(18)17-13(7-21-6)16(19)20/h13H,7H2,1-6H3,(H,17,18)(H,19,20). The van der Waals surface area contributed by atoms with E-state index in [4.69, 9.17) is 9.84 Å². The average Bonchev–Trinajstić information content (AvgIpc) is 2.42. The number of carbonyl (C=O) groups is 2. The van der Waals surface area contributed by atoms with Crippen LogP contribution in [0.4, 0.5) is 0 Å². The average molecular weight is 293 g/mol. The molecule has 1 aromatic rings. The Morgan fingerprint density at radius 1 is 1.00 bits per heavy atom. The zero-order chi connectivity index (χ0) is 16.3. The van der Waals surface area contributed by atoms with Crippen molar-refractivity contribution in [2.45, 2.75) is 40.7 Å². The van der Waals surface area contributed by atoms with E-state index in [1.165, 1.54) is 7.11 Å². The second-order valence-corrected chi connectivity index (χ2v) is 5.32. The molecule has 1 amide bonds. The highest BCUT2D eigenvalue weighted by molar-refractivity contribution is 5.99. The van der Waals surface area contributed by atoms with Crippen molar-refractivity contribution in [2.24, 2.45) is 0 Å². The minimum atomic E-state index is -1.11. The number of carbonyl (C=O) groups excluding carboxylic acids is 1. The molecular weight excluding hydrogens is 270 g/mol. The molecule has 116 valence electrons. The number of hydrogen-bond acceptors (Lipinski definition) is 3. The van der Waals surface area contributed by atoms with Crippen molar-refractivity contribution in [3.05, 3.63) is 33.4 Å². The van der Waals surface area contributed by atoms with Crippen molar-refractivity contribution in [3.63, 3.8) is 0 Å². The summed E-state index contributed by atoms with van der Waals surface area (Å²) < 4.78 is 4.83. The van der Waals surface area contributed by atoms with Crippen LogP contribution in [0.5, 0.6) is 0 Å². The fourth-order valence-corrected chi connectivity index (χ4v) is 2.41. The van der Waals surface area contributed by atoms with Gasteiger partial charge >= 0.3 is 5.97 Å². The van der Waals surface area contributed by atoms with Gasteiger partial charge in [-0.05, 0) is 62.4 Å². The van der Waals surface area contributed by atoms with Crippen molar-refractivity contribution >= 4 is 11.9 Å². The third-order valence-electron chi connectivity index (χ3n) is 4.16. The van der Waals surface area contributed by atoms with Gasteiger partial charge in [-0.1, -0.05) is 0 Å². The van der Waals surface area contributed by atoms with Crippen molar-refractivity contribution in [2.75, 3.05) is 13.7 Å². The molecule has 1 rings (SSSR count). The number of rotatable bonds is 5. The first kappa shape index (κ1) is 17.2. The molecule has 0 aliphatic carbocycles. The molecule has 0 fully saturated rings. The molecule has 0 aliphatic heterocycles. The molecule has 1 atom stereocenters. The lowest BCUT2D eigenvalue weighted by Gasteiger charge is -2.20. The van der Waals surface area contributed by atoms with E-state index in [-0.39, 0.29) is 12.5 Å². The van der Waals surface area contributed by atoms with Crippen LogP contribution >= 0.6 is 0 Å². The smallest absolute Gasteiger partial charge is 0.328 e. The molecule has 0 heterocycles. The molecule has 0 saturated heterocycles. The summed E-state index contributed by atoms with van der Waals surface area (Å²) in [4.78, 5) is 23.6. The van der Waals surface area contributed by atoms with Crippen LogP contribution in [0.15, 0.2) is 0 Å². The lowest BCUT2D eigenvalue weighted by atomic mass is 9.89. The highest BCUT2D eigenvalue weighted by Gasteiger charge is 2.24. The van der Waals surface area contributed by atoms with Gasteiger partial charge in [-0.3, -0.25) is 4.79 Å². The number of hydrogen-bond donors (Lipinski definition) is 2. The molecule has 5 nitrogen and oxygen atoms in total. The van der Waals surface area contributed by atoms with E-state index in [1.54, 1.807) is 0 Å². The van der Waals surface area contributed by atoms with Crippen LogP contribution in [-0.2, 0) is 9.53 Å². The van der Waals surface area contributed by atoms with Crippen LogP contribution in [-0.4, -0.2) is 36.7 Å². The molecule has 0 aromatic heterocycles. The molecule has 5 heteroatoms. The Hall–Kier alpha value is -1.88. The summed E-state index contributed by atoms with van der Waals surface area (Å²) >= 11 is 0. The third-order valence-corrected chi connectivity index (χ3v) is 4.16. The quantitative estimate of drug-likeness (QED) is 0.871. The molecule has 1 unspecified atom stereocenters. The first-order valence-electron chi connectivity index (χ1n) is 6.81. The zero-order valence-electron chi connectivity index (χ0n) is 13.5. The van der Waals surface area contributed by atoms with E-state index in [0.717, 1.165) is 27.8 Å². The summed E-state index contributed by atoms with van der Waals surface area (Å²) in [5.74, 6) is -1.48. The summed E-state index contributed by atoms with van der Waals surface area (Å²) in [7, 11) is 1.40. The van der Waals surface area contributed by atoms with Crippen LogP contribution in [0.25, 0.3) is 0 Å². The first-order chi connectivity index (χ1) is 9.72. The monoisotopic (exact) mass is 293 g/mol. The highest BCUT2D eigenvalue weighted by atomic mass is 16.5. The fraction of sp³-hybridized carbons (Fsp3) is 0.500. The van der Waals surface area contributed by atoms with E-state index in [1.807, 2.05) is 34.6 Å². The summed E-state index contributed by atoms with van der Waals surface area (Å²) in [5.41, 5.74) is 5.60. The number of ether oxygens (including phenoxy) is 1.